The molecule has 2 unspecified atom stereocenters. The van der Waals surface area contributed by atoms with E-state index in [2.05, 4.69) is 56.4 Å². The van der Waals surface area contributed by atoms with Gasteiger partial charge in [-0.1, -0.05) is 70.4 Å². The summed E-state index contributed by atoms with van der Waals surface area (Å²) in [6.07, 6.45) is 7.73. The van der Waals surface area contributed by atoms with Gasteiger partial charge in [0.2, 0.25) is 0 Å². The largest absolute Gasteiger partial charge is 0.313 e. The zero-order valence-electron chi connectivity index (χ0n) is 13.0. The van der Waals surface area contributed by atoms with Crippen LogP contribution in [0.4, 0.5) is 0 Å². The lowest BCUT2D eigenvalue weighted by molar-refractivity contribution is 0.381. The van der Waals surface area contributed by atoms with E-state index >= 15 is 0 Å². The van der Waals surface area contributed by atoms with Gasteiger partial charge in [0, 0.05) is 6.04 Å². The lowest BCUT2D eigenvalue weighted by Gasteiger charge is -2.21. The van der Waals surface area contributed by atoms with Crippen LogP contribution in [0.3, 0.4) is 0 Å². The van der Waals surface area contributed by atoms with Crippen molar-refractivity contribution < 1.29 is 0 Å². The minimum atomic E-state index is 0.623. The van der Waals surface area contributed by atoms with Gasteiger partial charge in [-0.05, 0) is 37.3 Å². The summed E-state index contributed by atoms with van der Waals surface area (Å²) in [6.45, 7) is 8.07. The lowest BCUT2D eigenvalue weighted by atomic mass is 9.98. The first-order valence-corrected chi connectivity index (χ1v) is 8.07. The van der Waals surface area contributed by atoms with Crippen LogP contribution in [0.15, 0.2) is 30.3 Å². The second kappa shape index (κ2) is 10.0. The van der Waals surface area contributed by atoms with Gasteiger partial charge < -0.3 is 5.32 Å². The Morgan fingerprint density at radius 3 is 2.32 bits per heavy atom. The molecule has 0 saturated heterocycles. The van der Waals surface area contributed by atoms with Crippen LogP contribution in [-0.4, -0.2) is 12.6 Å². The normalized spacial score (nSPS) is 14.3. The van der Waals surface area contributed by atoms with Crippen LogP contribution in [0.2, 0.25) is 0 Å². The van der Waals surface area contributed by atoms with Gasteiger partial charge in [0.1, 0.15) is 0 Å². The predicted octanol–water partition coefficient (Wildman–Crippen LogP) is 4.81. The molecular formula is C18H31N. The summed E-state index contributed by atoms with van der Waals surface area (Å²) in [6, 6.07) is 11.5. The van der Waals surface area contributed by atoms with Crippen LogP contribution in [-0.2, 0) is 6.42 Å². The maximum Gasteiger partial charge on any atom is 0.0105 e. The molecule has 0 aliphatic carbocycles. The first-order chi connectivity index (χ1) is 9.30. The zero-order chi connectivity index (χ0) is 13.9. The van der Waals surface area contributed by atoms with Crippen molar-refractivity contribution in [3.8, 4) is 0 Å². The van der Waals surface area contributed by atoms with Crippen molar-refractivity contribution in [2.45, 2.75) is 65.3 Å². The molecular weight excluding hydrogens is 230 g/mol. The van der Waals surface area contributed by atoms with Gasteiger partial charge in [-0.2, -0.15) is 0 Å². The van der Waals surface area contributed by atoms with E-state index in [0.717, 1.165) is 12.3 Å². The van der Waals surface area contributed by atoms with Gasteiger partial charge >= 0.3 is 0 Å². The summed E-state index contributed by atoms with van der Waals surface area (Å²) < 4.78 is 0. The molecule has 2 atom stereocenters. The van der Waals surface area contributed by atoms with Crippen LogP contribution < -0.4 is 5.32 Å². The average Bonchev–Trinajstić information content (AvgIpc) is 2.47. The second-order valence-electron chi connectivity index (χ2n) is 5.62. The van der Waals surface area contributed by atoms with E-state index < -0.39 is 0 Å². The topological polar surface area (TPSA) is 12.0 Å². The molecule has 0 aliphatic rings. The number of nitrogens with one attached hydrogen (secondary N) is 1. The Hall–Kier alpha value is -0.820. The van der Waals surface area contributed by atoms with Gasteiger partial charge in [-0.3, -0.25) is 0 Å². The molecule has 0 radical (unpaired) electrons. The number of rotatable bonds is 10. The molecule has 1 nitrogen and oxygen atoms in total. The van der Waals surface area contributed by atoms with Crippen molar-refractivity contribution in [2.75, 3.05) is 6.54 Å². The highest BCUT2D eigenvalue weighted by Gasteiger charge is 2.10. The minimum Gasteiger partial charge on any atom is -0.313 e. The van der Waals surface area contributed by atoms with Crippen molar-refractivity contribution in [2.24, 2.45) is 5.92 Å². The Morgan fingerprint density at radius 1 is 1.00 bits per heavy atom. The third kappa shape index (κ3) is 6.77. The van der Waals surface area contributed by atoms with Gasteiger partial charge in [-0.25, -0.2) is 0 Å². The summed E-state index contributed by atoms with van der Waals surface area (Å²) in [5, 5.41) is 3.78. The highest BCUT2D eigenvalue weighted by atomic mass is 14.9. The maximum atomic E-state index is 3.78. The highest BCUT2D eigenvalue weighted by Crippen LogP contribution is 2.13. The Labute approximate surface area is 119 Å². The van der Waals surface area contributed by atoms with Crippen LogP contribution in [0, 0.1) is 5.92 Å². The third-order valence-corrected chi connectivity index (χ3v) is 4.06. The average molecular weight is 261 g/mol. The lowest BCUT2D eigenvalue weighted by Crippen LogP contribution is -2.34. The maximum absolute atomic E-state index is 3.78. The van der Waals surface area contributed by atoms with Gasteiger partial charge in [0.05, 0.1) is 0 Å². The van der Waals surface area contributed by atoms with E-state index in [4.69, 9.17) is 0 Å². The summed E-state index contributed by atoms with van der Waals surface area (Å²) in [7, 11) is 0. The first kappa shape index (κ1) is 16.2. The molecule has 19 heavy (non-hydrogen) atoms. The van der Waals surface area contributed by atoms with Crippen molar-refractivity contribution in [1.82, 2.24) is 5.32 Å². The number of hydrogen-bond acceptors (Lipinski definition) is 1. The molecule has 1 aromatic carbocycles. The van der Waals surface area contributed by atoms with Gasteiger partial charge in [-0.15, -0.1) is 0 Å². The van der Waals surface area contributed by atoms with Crippen LogP contribution in [0.1, 0.15) is 58.4 Å². The van der Waals surface area contributed by atoms with Crippen LogP contribution in [0.5, 0.6) is 0 Å². The van der Waals surface area contributed by atoms with Crippen molar-refractivity contribution >= 4 is 0 Å². The Kier molecular flexibility index (Phi) is 8.57. The molecule has 0 saturated carbocycles. The summed E-state index contributed by atoms with van der Waals surface area (Å²) in [4.78, 5) is 0. The second-order valence-corrected chi connectivity index (χ2v) is 5.62. The van der Waals surface area contributed by atoms with Crippen LogP contribution >= 0.6 is 0 Å². The van der Waals surface area contributed by atoms with Gasteiger partial charge in [0.15, 0.2) is 0 Å². The zero-order valence-corrected chi connectivity index (χ0v) is 13.0. The van der Waals surface area contributed by atoms with E-state index in [1.807, 2.05) is 0 Å². The smallest absolute Gasteiger partial charge is 0.0105 e. The quantitative estimate of drug-likeness (QED) is 0.637. The number of unbranched alkanes of at least 4 members (excludes halogenated alkanes) is 1. The van der Waals surface area contributed by atoms with E-state index in [9.17, 15) is 0 Å². The van der Waals surface area contributed by atoms with Crippen molar-refractivity contribution in [3.05, 3.63) is 35.9 Å². The molecule has 0 amide bonds. The number of benzene rings is 1. The summed E-state index contributed by atoms with van der Waals surface area (Å²) in [5.74, 6) is 0.852. The summed E-state index contributed by atoms with van der Waals surface area (Å²) >= 11 is 0. The number of hydrogen-bond donors (Lipinski definition) is 1. The fourth-order valence-corrected chi connectivity index (χ4v) is 2.54. The Balaban J connectivity index is 2.35. The van der Waals surface area contributed by atoms with E-state index in [-0.39, 0.29) is 0 Å². The Bertz CT molecular complexity index is 307. The van der Waals surface area contributed by atoms with Crippen molar-refractivity contribution in [3.63, 3.8) is 0 Å². The molecule has 1 aromatic rings. The highest BCUT2D eigenvalue weighted by molar-refractivity contribution is 5.15. The fraction of sp³-hybridized carbons (Fsp3) is 0.667. The Morgan fingerprint density at radius 2 is 1.74 bits per heavy atom. The molecule has 0 heterocycles. The fourth-order valence-electron chi connectivity index (χ4n) is 2.54. The van der Waals surface area contributed by atoms with E-state index in [1.165, 1.54) is 44.2 Å². The molecule has 0 fully saturated rings. The SMILES string of the molecule is CCCCC(CC)CNC(CC)Cc1ccccc1. The molecule has 1 N–H and O–H groups in total. The van der Waals surface area contributed by atoms with Gasteiger partial charge in [0.25, 0.3) is 0 Å². The first-order valence-electron chi connectivity index (χ1n) is 8.07. The van der Waals surface area contributed by atoms with E-state index in [1.54, 1.807) is 0 Å². The van der Waals surface area contributed by atoms with Crippen molar-refractivity contribution in [1.29, 1.82) is 0 Å². The third-order valence-electron chi connectivity index (χ3n) is 4.06. The molecule has 1 heteroatoms. The summed E-state index contributed by atoms with van der Waals surface area (Å²) in [5.41, 5.74) is 1.45. The van der Waals surface area contributed by atoms with Crippen LogP contribution in [0.25, 0.3) is 0 Å². The molecule has 0 aromatic heterocycles. The monoisotopic (exact) mass is 261 g/mol. The molecule has 1 rings (SSSR count). The standard InChI is InChI=1S/C18H31N/c1-4-7-11-16(5-2)15-19-18(6-3)14-17-12-9-8-10-13-17/h8-10,12-13,16,18-19H,4-7,11,14-15H2,1-3H3. The molecule has 108 valence electrons. The van der Waals surface area contributed by atoms with E-state index in [0.29, 0.717) is 6.04 Å². The molecule has 0 bridgehead atoms. The minimum absolute atomic E-state index is 0.623. The molecule has 0 aliphatic heterocycles. The molecule has 0 spiro atoms. The predicted molar refractivity (Wildman–Crippen MR) is 85.5 cm³/mol.